The number of piperidine rings is 1. The van der Waals surface area contributed by atoms with Crippen LogP contribution in [0.1, 0.15) is 18.4 Å². The highest BCUT2D eigenvalue weighted by Gasteiger charge is 2.22. The van der Waals surface area contributed by atoms with Crippen molar-refractivity contribution in [2.24, 2.45) is 5.92 Å². The van der Waals surface area contributed by atoms with Crippen molar-refractivity contribution in [1.82, 2.24) is 9.88 Å². The van der Waals surface area contributed by atoms with Crippen LogP contribution in [0.3, 0.4) is 0 Å². The van der Waals surface area contributed by atoms with E-state index in [1.807, 2.05) is 6.07 Å². The summed E-state index contributed by atoms with van der Waals surface area (Å²) in [5.41, 5.74) is 0.519. The maximum absolute atomic E-state index is 10.8. The first kappa shape index (κ1) is 13.1. The zero-order chi connectivity index (χ0) is 13.7. The molecule has 2 heterocycles. The first-order valence-electron chi connectivity index (χ1n) is 6.16. The minimum Gasteiger partial charge on any atom is -0.477 e. The highest BCUT2D eigenvalue weighted by atomic mass is 16.5. The monoisotopic (exact) mass is 261 g/mol. The van der Waals surface area contributed by atoms with Gasteiger partial charge in [-0.25, -0.2) is 9.78 Å². The molecule has 6 heteroatoms. The topological polar surface area (TPSA) is 86.5 Å². The molecule has 0 radical (unpaired) electrons. The number of hydrogen-bond donors (Lipinski definition) is 1. The predicted octanol–water partition coefficient (Wildman–Crippen LogP) is 1.72. The van der Waals surface area contributed by atoms with Crippen LogP contribution in [0.15, 0.2) is 18.3 Å². The van der Waals surface area contributed by atoms with Crippen molar-refractivity contribution in [2.75, 3.05) is 19.7 Å². The normalized spacial score (nSPS) is 15.8. The number of likely N-dealkylation sites (tertiary alicyclic amines) is 1. The Hall–Kier alpha value is -2.29. The minimum atomic E-state index is -0.859. The lowest BCUT2D eigenvalue weighted by molar-refractivity contribution is 0.111. The lowest BCUT2D eigenvalue weighted by Crippen LogP contribution is -2.38. The quantitative estimate of drug-likeness (QED) is 0.895. The number of rotatable bonds is 3. The molecule has 1 N–H and O–H groups in total. The van der Waals surface area contributed by atoms with Gasteiger partial charge < -0.3 is 14.7 Å². The summed E-state index contributed by atoms with van der Waals surface area (Å²) < 4.78 is 5.56. The Morgan fingerprint density at radius 1 is 1.58 bits per heavy atom. The van der Waals surface area contributed by atoms with Gasteiger partial charge in [0.25, 0.3) is 0 Å². The van der Waals surface area contributed by atoms with Crippen LogP contribution >= 0.6 is 0 Å². The van der Waals surface area contributed by atoms with Gasteiger partial charge >= 0.3 is 6.09 Å². The van der Waals surface area contributed by atoms with Crippen molar-refractivity contribution in [2.45, 2.75) is 12.8 Å². The first-order valence-corrected chi connectivity index (χ1v) is 6.16. The van der Waals surface area contributed by atoms with Crippen molar-refractivity contribution in [3.05, 3.63) is 23.9 Å². The molecular weight excluding hydrogens is 246 g/mol. The number of pyridine rings is 1. The van der Waals surface area contributed by atoms with Crippen molar-refractivity contribution in [1.29, 1.82) is 5.26 Å². The van der Waals surface area contributed by atoms with Crippen LogP contribution in [-0.2, 0) is 0 Å². The van der Waals surface area contributed by atoms with Gasteiger partial charge in [-0.3, -0.25) is 0 Å². The van der Waals surface area contributed by atoms with Crippen LogP contribution in [0.25, 0.3) is 0 Å². The third-order valence-electron chi connectivity index (χ3n) is 3.22. The Bertz CT molecular complexity index is 490. The van der Waals surface area contributed by atoms with Gasteiger partial charge in [0.1, 0.15) is 0 Å². The molecule has 0 aliphatic carbocycles. The highest BCUT2D eigenvalue weighted by molar-refractivity contribution is 5.64. The molecule has 0 bridgehead atoms. The van der Waals surface area contributed by atoms with Gasteiger partial charge in [-0.2, -0.15) is 5.26 Å². The van der Waals surface area contributed by atoms with Crippen LogP contribution in [0, 0.1) is 17.2 Å². The molecule has 1 fully saturated rings. The van der Waals surface area contributed by atoms with Gasteiger partial charge in [0, 0.05) is 25.4 Å². The van der Waals surface area contributed by atoms with Crippen molar-refractivity contribution < 1.29 is 14.6 Å². The van der Waals surface area contributed by atoms with E-state index in [0.29, 0.717) is 37.1 Å². The van der Waals surface area contributed by atoms with Crippen molar-refractivity contribution in [3.63, 3.8) is 0 Å². The zero-order valence-electron chi connectivity index (χ0n) is 10.5. The summed E-state index contributed by atoms with van der Waals surface area (Å²) in [6, 6.07) is 5.26. The number of nitrogens with zero attached hydrogens (tertiary/aromatic N) is 3. The van der Waals surface area contributed by atoms with Gasteiger partial charge in [-0.05, 0) is 24.8 Å². The minimum absolute atomic E-state index is 0.336. The summed E-state index contributed by atoms with van der Waals surface area (Å²) in [5, 5.41) is 17.6. The van der Waals surface area contributed by atoms with Gasteiger partial charge in [0.05, 0.1) is 18.2 Å². The molecule has 1 aromatic rings. The molecule has 1 amide bonds. The lowest BCUT2D eigenvalue weighted by atomic mass is 9.98. The Morgan fingerprint density at radius 2 is 2.32 bits per heavy atom. The number of nitriles is 1. The van der Waals surface area contributed by atoms with Crippen LogP contribution in [0.4, 0.5) is 4.79 Å². The number of amides is 1. The molecule has 0 aromatic carbocycles. The number of hydrogen-bond acceptors (Lipinski definition) is 4. The molecule has 0 saturated carbocycles. The highest BCUT2D eigenvalue weighted by Crippen LogP contribution is 2.19. The lowest BCUT2D eigenvalue weighted by Gasteiger charge is -2.29. The molecule has 2 rings (SSSR count). The van der Waals surface area contributed by atoms with Crippen LogP contribution in [0.5, 0.6) is 5.88 Å². The standard InChI is InChI=1S/C13H15N3O3/c14-8-11-1-4-15-12(7-11)19-9-10-2-5-16(6-3-10)13(17)18/h1,4,7,10H,2-3,5-6,9H2,(H,17,18). The molecule has 0 spiro atoms. The number of carboxylic acid groups (broad SMARTS) is 1. The summed E-state index contributed by atoms with van der Waals surface area (Å²) in [6.07, 6.45) is 2.28. The van der Waals surface area contributed by atoms with Gasteiger partial charge in [0.2, 0.25) is 5.88 Å². The summed E-state index contributed by atoms with van der Waals surface area (Å²) in [7, 11) is 0. The summed E-state index contributed by atoms with van der Waals surface area (Å²) in [5.74, 6) is 0.780. The van der Waals surface area contributed by atoms with E-state index in [1.54, 1.807) is 18.3 Å². The molecule has 1 saturated heterocycles. The molecule has 1 aliphatic heterocycles. The van der Waals surface area contributed by atoms with Gasteiger partial charge in [-0.1, -0.05) is 0 Å². The molecule has 1 aliphatic rings. The fraction of sp³-hybridized carbons (Fsp3) is 0.462. The number of aromatic nitrogens is 1. The largest absolute Gasteiger partial charge is 0.477 e. The predicted molar refractivity (Wildman–Crippen MR) is 66.8 cm³/mol. The Morgan fingerprint density at radius 3 is 2.95 bits per heavy atom. The second-order valence-corrected chi connectivity index (χ2v) is 4.52. The summed E-state index contributed by atoms with van der Waals surface area (Å²) >= 11 is 0. The molecule has 1 aromatic heterocycles. The van der Waals surface area contributed by atoms with E-state index >= 15 is 0 Å². The second-order valence-electron chi connectivity index (χ2n) is 4.52. The Kier molecular flexibility index (Phi) is 4.18. The van der Waals surface area contributed by atoms with E-state index < -0.39 is 6.09 Å². The maximum Gasteiger partial charge on any atom is 0.407 e. The average Bonchev–Trinajstić information content (AvgIpc) is 2.46. The first-order chi connectivity index (χ1) is 9.19. The molecule has 0 unspecified atom stereocenters. The maximum atomic E-state index is 10.8. The van der Waals surface area contributed by atoms with E-state index in [0.717, 1.165) is 12.8 Å². The number of ether oxygens (including phenoxy) is 1. The third-order valence-corrected chi connectivity index (χ3v) is 3.22. The average molecular weight is 261 g/mol. The van der Waals surface area contributed by atoms with Crippen LogP contribution < -0.4 is 4.74 Å². The van der Waals surface area contributed by atoms with Crippen molar-refractivity contribution >= 4 is 6.09 Å². The van der Waals surface area contributed by atoms with E-state index in [1.165, 1.54) is 4.90 Å². The smallest absolute Gasteiger partial charge is 0.407 e. The molecule has 100 valence electrons. The van der Waals surface area contributed by atoms with E-state index in [-0.39, 0.29) is 0 Å². The van der Waals surface area contributed by atoms with Crippen LogP contribution in [0.2, 0.25) is 0 Å². The third kappa shape index (κ3) is 3.58. The van der Waals surface area contributed by atoms with Crippen LogP contribution in [-0.4, -0.2) is 40.8 Å². The number of carbonyl (C=O) groups is 1. The Balaban J connectivity index is 1.80. The zero-order valence-corrected chi connectivity index (χ0v) is 10.5. The Labute approximate surface area is 111 Å². The molecule has 0 atom stereocenters. The van der Waals surface area contributed by atoms with E-state index in [2.05, 4.69) is 4.98 Å². The molecule has 6 nitrogen and oxygen atoms in total. The summed E-state index contributed by atoms with van der Waals surface area (Å²) in [4.78, 5) is 16.2. The van der Waals surface area contributed by atoms with Crippen molar-refractivity contribution in [3.8, 4) is 11.9 Å². The van der Waals surface area contributed by atoms with Gasteiger partial charge in [-0.15, -0.1) is 0 Å². The fourth-order valence-corrected chi connectivity index (χ4v) is 2.05. The molecule has 19 heavy (non-hydrogen) atoms. The van der Waals surface area contributed by atoms with Gasteiger partial charge in [0.15, 0.2) is 0 Å². The SMILES string of the molecule is N#Cc1ccnc(OCC2CCN(C(=O)O)CC2)c1. The van der Waals surface area contributed by atoms with E-state index in [4.69, 9.17) is 15.1 Å². The molecular formula is C13H15N3O3. The fourth-order valence-electron chi connectivity index (χ4n) is 2.05. The van der Waals surface area contributed by atoms with E-state index in [9.17, 15) is 4.79 Å². The second kappa shape index (κ2) is 6.05. The summed E-state index contributed by atoms with van der Waals surface area (Å²) in [6.45, 7) is 1.61.